The van der Waals surface area contributed by atoms with E-state index in [4.69, 9.17) is 0 Å². The molecule has 104 valence electrons. The van der Waals surface area contributed by atoms with E-state index in [0.29, 0.717) is 16.2 Å². The first-order valence-corrected chi connectivity index (χ1v) is 7.80. The molecule has 0 unspecified atom stereocenters. The molecule has 0 N–H and O–H groups in total. The van der Waals surface area contributed by atoms with E-state index < -0.39 is 5.92 Å². The molecule has 4 heteroatoms. The van der Waals surface area contributed by atoms with E-state index in [1.54, 1.807) is 24.3 Å². The molecule has 0 heterocycles. The summed E-state index contributed by atoms with van der Waals surface area (Å²) in [5.41, 5.74) is 1.75. The van der Waals surface area contributed by atoms with E-state index in [2.05, 4.69) is 4.99 Å². The number of ketones is 2. The Morgan fingerprint density at radius 1 is 0.905 bits per heavy atom. The van der Waals surface area contributed by atoms with Crippen molar-refractivity contribution in [1.82, 2.24) is 0 Å². The van der Waals surface area contributed by atoms with Gasteiger partial charge in [-0.05, 0) is 18.4 Å². The fraction of sp³-hybridized carbons (Fsp3) is 0.118. The molecule has 0 radical (unpaired) electrons. The Balaban J connectivity index is 2.02. The summed E-state index contributed by atoms with van der Waals surface area (Å²) in [5, 5.41) is 0.549. The lowest BCUT2D eigenvalue weighted by molar-refractivity contribution is 0.0885. The molecule has 0 saturated heterocycles. The average Bonchev–Trinajstić information content (AvgIpc) is 2.78. The summed E-state index contributed by atoms with van der Waals surface area (Å²) in [7, 11) is 0. The number of rotatable bonds is 2. The Hall–Kier alpha value is -2.20. The van der Waals surface area contributed by atoms with Crippen LogP contribution in [-0.2, 0) is 0 Å². The van der Waals surface area contributed by atoms with Gasteiger partial charge in [-0.25, -0.2) is 4.99 Å². The highest BCUT2D eigenvalue weighted by molar-refractivity contribution is 8.13. The number of thioether (sulfide) groups is 1. The van der Waals surface area contributed by atoms with Crippen molar-refractivity contribution < 1.29 is 9.59 Å². The van der Waals surface area contributed by atoms with Gasteiger partial charge in [0.15, 0.2) is 11.6 Å². The number of hydrogen-bond acceptors (Lipinski definition) is 4. The second-order valence-electron chi connectivity index (χ2n) is 4.70. The van der Waals surface area contributed by atoms with Crippen LogP contribution in [0.3, 0.4) is 0 Å². The molecule has 0 amide bonds. The highest BCUT2D eigenvalue weighted by Gasteiger charge is 2.41. The van der Waals surface area contributed by atoms with Crippen molar-refractivity contribution >= 4 is 34.1 Å². The zero-order chi connectivity index (χ0) is 14.8. The maximum atomic E-state index is 12.5. The molecule has 0 aliphatic heterocycles. The molecule has 0 atom stereocenters. The summed E-state index contributed by atoms with van der Waals surface area (Å²) in [6.45, 7) is 0. The monoisotopic (exact) mass is 295 g/mol. The van der Waals surface area contributed by atoms with E-state index in [0.717, 1.165) is 5.69 Å². The standard InChI is InChI=1S/C17H13NO2S/c1-21-17(18-11-7-3-2-4-8-11)14-15(19)12-9-5-6-10-13(12)16(14)20/h2-10,14H,1H3. The number of fused-ring (bicyclic) bond motifs is 1. The smallest absolute Gasteiger partial charge is 0.181 e. The molecule has 2 aromatic rings. The minimum atomic E-state index is -0.794. The second-order valence-corrected chi connectivity index (χ2v) is 5.52. The van der Waals surface area contributed by atoms with Gasteiger partial charge >= 0.3 is 0 Å². The number of nitrogens with zero attached hydrogens (tertiary/aromatic N) is 1. The van der Waals surface area contributed by atoms with Crippen LogP contribution >= 0.6 is 11.8 Å². The number of Topliss-reactive ketones (excluding diaryl/α,β-unsaturated/α-hetero) is 2. The van der Waals surface area contributed by atoms with Crippen LogP contribution in [-0.4, -0.2) is 22.9 Å². The van der Waals surface area contributed by atoms with Crippen LogP contribution in [0.25, 0.3) is 0 Å². The number of para-hydroxylation sites is 1. The van der Waals surface area contributed by atoms with Crippen molar-refractivity contribution in [3.8, 4) is 0 Å². The summed E-state index contributed by atoms with van der Waals surface area (Å²) in [4.78, 5) is 29.4. The number of carbonyl (C=O) groups excluding carboxylic acids is 2. The minimum Gasteiger partial charge on any atom is -0.293 e. The Labute approximate surface area is 127 Å². The van der Waals surface area contributed by atoms with Crippen molar-refractivity contribution in [3.05, 3.63) is 65.7 Å². The van der Waals surface area contributed by atoms with Gasteiger partial charge in [-0.1, -0.05) is 42.5 Å². The van der Waals surface area contributed by atoms with Gasteiger partial charge in [0.1, 0.15) is 5.92 Å². The molecule has 1 aliphatic carbocycles. The third-order valence-electron chi connectivity index (χ3n) is 3.43. The zero-order valence-electron chi connectivity index (χ0n) is 11.4. The lowest BCUT2D eigenvalue weighted by atomic mass is 10.1. The minimum absolute atomic E-state index is 0.153. The van der Waals surface area contributed by atoms with E-state index in [-0.39, 0.29) is 11.6 Å². The average molecular weight is 295 g/mol. The normalized spacial score (nSPS) is 15.4. The van der Waals surface area contributed by atoms with E-state index in [1.165, 1.54) is 11.8 Å². The second kappa shape index (κ2) is 5.66. The van der Waals surface area contributed by atoms with Crippen LogP contribution in [0.5, 0.6) is 0 Å². The summed E-state index contributed by atoms with van der Waals surface area (Å²) in [6, 6.07) is 16.3. The van der Waals surface area contributed by atoms with Crippen LogP contribution in [0.15, 0.2) is 59.6 Å². The number of aliphatic imine (C=N–C) groups is 1. The van der Waals surface area contributed by atoms with Crippen molar-refractivity contribution in [2.75, 3.05) is 6.26 Å². The van der Waals surface area contributed by atoms with Gasteiger partial charge in [-0.2, -0.15) is 0 Å². The lowest BCUT2D eigenvalue weighted by Crippen LogP contribution is -2.23. The van der Waals surface area contributed by atoms with Crippen molar-refractivity contribution in [3.63, 3.8) is 0 Å². The Kier molecular flexibility index (Phi) is 3.71. The summed E-state index contributed by atoms with van der Waals surface area (Å²) < 4.78 is 0. The summed E-state index contributed by atoms with van der Waals surface area (Å²) in [6.07, 6.45) is 1.84. The Bertz CT molecular complexity index is 702. The Morgan fingerprint density at radius 3 is 1.95 bits per heavy atom. The predicted octanol–water partition coefficient (Wildman–Crippen LogP) is 3.78. The van der Waals surface area contributed by atoms with Crippen molar-refractivity contribution in [2.45, 2.75) is 0 Å². The number of benzene rings is 2. The molecule has 0 aromatic heterocycles. The van der Waals surface area contributed by atoms with Crippen LogP contribution < -0.4 is 0 Å². The molecule has 0 bridgehead atoms. The number of hydrogen-bond donors (Lipinski definition) is 0. The van der Waals surface area contributed by atoms with E-state index in [1.807, 2.05) is 36.6 Å². The third-order valence-corrected chi connectivity index (χ3v) is 4.18. The van der Waals surface area contributed by atoms with Crippen LogP contribution in [0.2, 0.25) is 0 Å². The van der Waals surface area contributed by atoms with E-state index in [9.17, 15) is 9.59 Å². The quantitative estimate of drug-likeness (QED) is 0.481. The van der Waals surface area contributed by atoms with Gasteiger partial charge < -0.3 is 0 Å². The maximum Gasteiger partial charge on any atom is 0.181 e. The van der Waals surface area contributed by atoms with Gasteiger partial charge in [-0.3, -0.25) is 9.59 Å². The first-order valence-electron chi connectivity index (χ1n) is 6.57. The van der Waals surface area contributed by atoms with Gasteiger partial charge in [0, 0.05) is 11.1 Å². The molecule has 3 nitrogen and oxygen atoms in total. The molecule has 2 aromatic carbocycles. The molecule has 0 fully saturated rings. The topological polar surface area (TPSA) is 46.5 Å². The van der Waals surface area contributed by atoms with Gasteiger partial charge in [-0.15, -0.1) is 11.8 Å². The highest BCUT2D eigenvalue weighted by Crippen LogP contribution is 2.31. The number of carbonyl (C=O) groups is 2. The Morgan fingerprint density at radius 2 is 1.43 bits per heavy atom. The summed E-state index contributed by atoms with van der Waals surface area (Å²) in [5.74, 6) is -1.10. The van der Waals surface area contributed by atoms with E-state index >= 15 is 0 Å². The first-order chi connectivity index (χ1) is 10.2. The SMILES string of the molecule is CSC(=Nc1ccccc1)C1C(=O)c2ccccc2C1=O. The van der Waals surface area contributed by atoms with Crippen LogP contribution in [0.4, 0.5) is 5.69 Å². The van der Waals surface area contributed by atoms with Crippen LogP contribution in [0, 0.1) is 5.92 Å². The molecule has 3 rings (SSSR count). The maximum absolute atomic E-state index is 12.5. The molecular weight excluding hydrogens is 282 g/mol. The highest BCUT2D eigenvalue weighted by atomic mass is 32.2. The third kappa shape index (κ3) is 2.43. The molecule has 21 heavy (non-hydrogen) atoms. The fourth-order valence-corrected chi connectivity index (χ4v) is 3.07. The van der Waals surface area contributed by atoms with Crippen LogP contribution in [0.1, 0.15) is 20.7 Å². The van der Waals surface area contributed by atoms with Crippen molar-refractivity contribution in [2.24, 2.45) is 10.9 Å². The molecular formula is C17H13NO2S. The molecule has 0 spiro atoms. The van der Waals surface area contributed by atoms with Gasteiger partial charge in [0.2, 0.25) is 0 Å². The first kappa shape index (κ1) is 13.8. The van der Waals surface area contributed by atoms with Gasteiger partial charge in [0.05, 0.1) is 10.7 Å². The summed E-state index contributed by atoms with van der Waals surface area (Å²) >= 11 is 1.35. The molecule has 1 aliphatic rings. The molecule has 0 saturated carbocycles. The van der Waals surface area contributed by atoms with Crippen molar-refractivity contribution in [1.29, 1.82) is 0 Å². The largest absolute Gasteiger partial charge is 0.293 e. The zero-order valence-corrected chi connectivity index (χ0v) is 12.3. The fourth-order valence-electron chi connectivity index (χ4n) is 2.43. The van der Waals surface area contributed by atoms with Gasteiger partial charge in [0.25, 0.3) is 0 Å². The predicted molar refractivity (Wildman–Crippen MR) is 85.6 cm³/mol. The lowest BCUT2D eigenvalue weighted by Gasteiger charge is -2.08.